The lowest BCUT2D eigenvalue weighted by atomic mass is 9.92. The molecule has 0 unspecified atom stereocenters. The number of aromatic nitrogens is 2. The minimum absolute atomic E-state index is 0.361. The van der Waals surface area contributed by atoms with Crippen LogP contribution in [0.2, 0.25) is 0 Å². The number of carbonyl (C=O) groups is 1. The summed E-state index contributed by atoms with van der Waals surface area (Å²) in [6.07, 6.45) is -0.424. The minimum Gasteiger partial charge on any atom is -0.490 e. The lowest BCUT2D eigenvalue weighted by Gasteiger charge is -2.40. The van der Waals surface area contributed by atoms with E-state index in [1.54, 1.807) is 29.9 Å². The van der Waals surface area contributed by atoms with Gasteiger partial charge >= 0.3 is 0 Å². The summed E-state index contributed by atoms with van der Waals surface area (Å²) in [4.78, 5) is 11.9. The predicted octanol–water partition coefficient (Wildman–Crippen LogP) is 1.45. The minimum atomic E-state index is -1.45. The van der Waals surface area contributed by atoms with Gasteiger partial charge in [0.2, 0.25) is 5.91 Å². The number of nitrogens with one attached hydrogen (secondary N) is 1. The molecular formula is C20H22FN3O5S. The molecule has 5 atom stereocenters. The first kappa shape index (κ1) is 20.7. The Labute approximate surface area is 175 Å². The van der Waals surface area contributed by atoms with E-state index in [0.29, 0.717) is 16.7 Å². The van der Waals surface area contributed by atoms with Gasteiger partial charge in [-0.3, -0.25) is 9.48 Å². The number of benzene rings is 1. The summed E-state index contributed by atoms with van der Waals surface area (Å²) >= 11 is 1.41. The van der Waals surface area contributed by atoms with Crippen LogP contribution in [0.25, 0.3) is 21.0 Å². The molecule has 1 amide bonds. The molecule has 1 aliphatic rings. The number of rotatable bonds is 5. The van der Waals surface area contributed by atoms with E-state index < -0.39 is 37.0 Å². The van der Waals surface area contributed by atoms with Gasteiger partial charge in [-0.25, -0.2) is 4.39 Å². The standard InChI is InChI=1S/C20H22FN3O5S/c1-9-5-15(17(22-10(2)26)19(29-9)18(28)16(27)8-25)24-7-12-14(23-24)6-13(21)11-3-4-30-20(11)12/h3-7,15-19,25,27-28H,8H2,1-2H3,(H,22,26)/t15-,16+,17+,18+,19+/m0/s1. The summed E-state index contributed by atoms with van der Waals surface area (Å²) in [5, 5.41) is 40.1. The first-order chi connectivity index (χ1) is 14.3. The van der Waals surface area contributed by atoms with E-state index in [1.165, 1.54) is 24.3 Å². The number of thiophene rings is 1. The number of amides is 1. The molecule has 160 valence electrons. The molecule has 2 aromatic heterocycles. The van der Waals surface area contributed by atoms with Gasteiger partial charge in [0, 0.05) is 34.7 Å². The summed E-state index contributed by atoms with van der Waals surface area (Å²) in [5.74, 6) is -0.260. The molecule has 1 aromatic carbocycles. The third-order valence-corrected chi connectivity index (χ3v) is 6.18. The Morgan fingerprint density at radius 2 is 2.20 bits per heavy atom. The van der Waals surface area contributed by atoms with Gasteiger partial charge in [-0.1, -0.05) is 0 Å². The molecule has 0 saturated heterocycles. The largest absolute Gasteiger partial charge is 0.490 e. The van der Waals surface area contributed by atoms with Gasteiger partial charge in [0.15, 0.2) is 0 Å². The number of carbonyl (C=O) groups excluding carboxylic acids is 1. The molecule has 3 heterocycles. The second-order valence-electron chi connectivity index (χ2n) is 7.38. The van der Waals surface area contributed by atoms with E-state index in [0.717, 1.165) is 10.1 Å². The number of fused-ring (bicyclic) bond motifs is 3. The highest BCUT2D eigenvalue weighted by Gasteiger charge is 2.42. The average Bonchev–Trinajstić information content (AvgIpc) is 3.34. The lowest BCUT2D eigenvalue weighted by molar-refractivity contribution is -0.127. The van der Waals surface area contributed by atoms with Crippen molar-refractivity contribution in [2.45, 2.75) is 44.2 Å². The second kappa shape index (κ2) is 7.95. The molecule has 10 heteroatoms. The van der Waals surface area contributed by atoms with E-state index in [4.69, 9.17) is 4.74 Å². The number of hydrogen-bond donors (Lipinski definition) is 4. The van der Waals surface area contributed by atoms with Gasteiger partial charge in [-0.05, 0) is 24.4 Å². The average molecular weight is 435 g/mol. The van der Waals surface area contributed by atoms with Gasteiger partial charge in [-0.2, -0.15) is 5.10 Å². The third kappa shape index (κ3) is 3.56. The Morgan fingerprint density at radius 3 is 2.90 bits per heavy atom. The highest BCUT2D eigenvalue weighted by atomic mass is 32.1. The predicted molar refractivity (Wildman–Crippen MR) is 109 cm³/mol. The van der Waals surface area contributed by atoms with Crippen LogP contribution in [0, 0.1) is 5.82 Å². The van der Waals surface area contributed by atoms with E-state index in [9.17, 15) is 24.5 Å². The Hall–Kier alpha value is -2.53. The Bertz CT molecular complexity index is 1130. The fourth-order valence-corrected chi connectivity index (χ4v) is 4.78. The van der Waals surface area contributed by atoms with Crippen molar-refractivity contribution in [3.63, 3.8) is 0 Å². The quantitative estimate of drug-likeness (QED) is 0.482. The van der Waals surface area contributed by atoms with Gasteiger partial charge in [-0.15, -0.1) is 11.3 Å². The molecule has 3 aromatic rings. The smallest absolute Gasteiger partial charge is 0.217 e. The SMILES string of the molecule is CC(=O)N[C@H]1[C@H]([C@H](O)[C@H](O)CO)OC(C)=C[C@@H]1n1cc2c(cc(F)c3ccsc32)n1. The van der Waals surface area contributed by atoms with Crippen LogP contribution in [-0.2, 0) is 9.53 Å². The van der Waals surface area contributed by atoms with Gasteiger partial charge in [0.25, 0.3) is 0 Å². The molecule has 8 nitrogen and oxygen atoms in total. The molecule has 30 heavy (non-hydrogen) atoms. The zero-order chi connectivity index (χ0) is 21.6. The molecular weight excluding hydrogens is 413 g/mol. The van der Waals surface area contributed by atoms with Crippen LogP contribution in [0.15, 0.2) is 35.5 Å². The van der Waals surface area contributed by atoms with Crippen molar-refractivity contribution in [3.8, 4) is 0 Å². The highest BCUT2D eigenvalue weighted by Crippen LogP contribution is 2.35. The van der Waals surface area contributed by atoms with Crippen LogP contribution in [0.5, 0.6) is 0 Å². The number of halogens is 1. The molecule has 0 radical (unpaired) electrons. The third-order valence-electron chi connectivity index (χ3n) is 5.23. The van der Waals surface area contributed by atoms with E-state index in [1.807, 2.05) is 5.38 Å². The van der Waals surface area contributed by atoms with Crippen molar-refractivity contribution >= 4 is 38.2 Å². The van der Waals surface area contributed by atoms with Crippen molar-refractivity contribution < 1.29 is 29.2 Å². The summed E-state index contributed by atoms with van der Waals surface area (Å²) in [7, 11) is 0. The monoisotopic (exact) mass is 435 g/mol. The number of hydrogen-bond acceptors (Lipinski definition) is 7. The molecule has 0 bridgehead atoms. The summed E-state index contributed by atoms with van der Waals surface area (Å²) in [5.41, 5.74) is 0.467. The Kier molecular flexibility index (Phi) is 5.49. The molecule has 0 spiro atoms. The maximum Gasteiger partial charge on any atom is 0.217 e. The first-order valence-electron chi connectivity index (χ1n) is 9.44. The van der Waals surface area contributed by atoms with E-state index in [2.05, 4.69) is 10.4 Å². The van der Waals surface area contributed by atoms with Crippen molar-refractivity contribution in [2.75, 3.05) is 6.61 Å². The summed E-state index contributed by atoms with van der Waals surface area (Å²) < 4.78 is 22.5. The highest BCUT2D eigenvalue weighted by molar-refractivity contribution is 7.18. The summed E-state index contributed by atoms with van der Waals surface area (Å²) in [6.45, 7) is 2.35. The molecule has 0 aliphatic carbocycles. The van der Waals surface area contributed by atoms with Crippen LogP contribution in [-0.4, -0.2) is 62.0 Å². The first-order valence-corrected chi connectivity index (χ1v) is 10.3. The second-order valence-corrected chi connectivity index (χ2v) is 8.30. The molecule has 4 N–H and O–H groups in total. The molecule has 0 fully saturated rings. The Balaban J connectivity index is 1.82. The van der Waals surface area contributed by atoms with Crippen molar-refractivity contribution in [2.24, 2.45) is 0 Å². The number of aliphatic hydroxyl groups is 3. The zero-order valence-corrected chi connectivity index (χ0v) is 17.1. The number of nitrogens with zero attached hydrogens (tertiary/aromatic N) is 2. The fraction of sp³-hybridized carbons (Fsp3) is 0.400. The number of ether oxygens (including phenoxy) is 1. The maximum atomic E-state index is 14.4. The summed E-state index contributed by atoms with van der Waals surface area (Å²) in [6, 6.07) is 1.72. The maximum absolute atomic E-state index is 14.4. The topological polar surface area (TPSA) is 117 Å². The number of allylic oxidation sites excluding steroid dienone is 1. The van der Waals surface area contributed by atoms with Crippen LogP contribution in [0.4, 0.5) is 4.39 Å². The molecule has 0 saturated carbocycles. The van der Waals surface area contributed by atoms with Crippen molar-refractivity contribution in [1.29, 1.82) is 0 Å². The van der Waals surface area contributed by atoms with E-state index in [-0.39, 0.29) is 11.7 Å². The van der Waals surface area contributed by atoms with Crippen LogP contribution in [0.3, 0.4) is 0 Å². The fourth-order valence-electron chi connectivity index (χ4n) is 3.86. The van der Waals surface area contributed by atoms with Crippen molar-refractivity contribution in [3.05, 3.63) is 41.4 Å². The number of aliphatic hydroxyl groups excluding tert-OH is 3. The van der Waals surface area contributed by atoms with Crippen LogP contribution in [0.1, 0.15) is 19.9 Å². The van der Waals surface area contributed by atoms with Crippen LogP contribution < -0.4 is 5.32 Å². The van der Waals surface area contributed by atoms with E-state index >= 15 is 0 Å². The Morgan fingerprint density at radius 1 is 1.43 bits per heavy atom. The molecule has 1 aliphatic heterocycles. The van der Waals surface area contributed by atoms with Gasteiger partial charge < -0.3 is 25.4 Å². The van der Waals surface area contributed by atoms with Crippen molar-refractivity contribution in [1.82, 2.24) is 15.1 Å². The zero-order valence-electron chi connectivity index (χ0n) is 16.3. The lowest BCUT2D eigenvalue weighted by Crippen LogP contribution is -2.57. The normalized spacial score (nSPS) is 23.8. The van der Waals surface area contributed by atoms with Crippen LogP contribution >= 0.6 is 11.3 Å². The van der Waals surface area contributed by atoms with Gasteiger partial charge in [0.05, 0.1) is 30.0 Å². The van der Waals surface area contributed by atoms with Gasteiger partial charge in [0.1, 0.15) is 24.1 Å². The molecule has 4 rings (SSSR count).